The van der Waals surface area contributed by atoms with E-state index in [1.165, 1.54) is 29.8 Å². The number of benzene rings is 2. The van der Waals surface area contributed by atoms with Crippen LogP contribution in [0.1, 0.15) is 38.8 Å². The number of carbonyl (C=O) groups is 3. The molecule has 0 fully saturated rings. The molecule has 0 aromatic heterocycles. The summed E-state index contributed by atoms with van der Waals surface area (Å²) in [5.74, 6) is 0.0703. The second-order valence-corrected chi connectivity index (χ2v) is 10.1. The summed E-state index contributed by atoms with van der Waals surface area (Å²) in [6, 6.07) is 11.0. The van der Waals surface area contributed by atoms with Crippen molar-refractivity contribution >= 4 is 35.4 Å². The Hall–Kier alpha value is -3.40. The SMILES string of the molecule is COc1ccc(NC(=O)C(c2ccccc2O)N(C)C(=O)C(CCSC)NC(=O)OC(C)(C)C)cc1. The van der Waals surface area contributed by atoms with Crippen LogP contribution in [0.15, 0.2) is 48.5 Å². The van der Waals surface area contributed by atoms with E-state index in [1.807, 2.05) is 6.26 Å². The van der Waals surface area contributed by atoms with Crippen molar-refractivity contribution in [3.05, 3.63) is 54.1 Å². The van der Waals surface area contributed by atoms with E-state index in [0.717, 1.165) is 0 Å². The fourth-order valence-electron chi connectivity index (χ4n) is 3.45. The topological polar surface area (TPSA) is 117 Å². The lowest BCUT2D eigenvalue weighted by molar-refractivity contribution is -0.139. The molecule has 2 aromatic carbocycles. The third-order valence-electron chi connectivity index (χ3n) is 5.17. The third kappa shape index (κ3) is 8.37. The average Bonchev–Trinajstić information content (AvgIpc) is 2.82. The number of rotatable bonds is 10. The van der Waals surface area contributed by atoms with Gasteiger partial charge in [-0.2, -0.15) is 11.8 Å². The Bertz CT molecular complexity index is 1040. The molecule has 0 saturated heterocycles. The van der Waals surface area contributed by atoms with Crippen LogP contribution in [0, 0.1) is 0 Å². The number of carbonyl (C=O) groups excluding carboxylic acids is 3. The molecule has 0 aliphatic carbocycles. The highest BCUT2D eigenvalue weighted by Gasteiger charge is 2.35. The van der Waals surface area contributed by atoms with Gasteiger partial charge in [0.2, 0.25) is 5.91 Å². The minimum atomic E-state index is -1.17. The summed E-state index contributed by atoms with van der Waals surface area (Å²) in [6.45, 7) is 5.19. The number of nitrogens with zero attached hydrogens (tertiary/aromatic N) is 1. The lowest BCUT2D eigenvalue weighted by Crippen LogP contribution is -2.51. The maximum Gasteiger partial charge on any atom is 0.408 e. The van der Waals surface area contributed by atoms with E-state index in [0.29, 0.717) is 23.6 Å². The van der Waals surface area contributed by atoms with Gasteiger partial charge in [0.15, 0.2) is 0 Å². The van der Waals surface area contributed by atoms with Gasteiger partial charge in [-0.1, -0.05) is 18.2 Å². The molecule has 0 aliphatic heterocycles. The van der Waals surface area contributed by atoms with Gasteiger partial charge >= 0.3 is 6.09 Å². The maximum atomic E-state index is 13.6. The van der Waals surface area contributed by atoms with Crippen LogP contribution < -0.4 is 15.4 Å². The lowest BCUT2D eigenvalue weighted by Gasteiger charge is -2.32. The monoisotopic (exact) mass is 517 g/mol. The summed E-state index contributed by atoms with van der Waals surface area (Å²) in [6.07, 6.45) is 1.50. The Morgan fingerprint density at radius 1 is 1.08 bits per heavy atom. The van der Waals surface area contributed by atoms with Crippen LogP contribution in [0.3, 0.4) is 0 Å². The number of aromatic hydroxyl groups is 1. The van der Waals surface area contributed by atoms with Gasteiger partial charge in [0.05, 0.1) is 7.11 Å². The Morgan fingerprint density at radius 2 is 1.72 bits per heavy atom. The number of ether oxygens (including phenoxy) is 2. The number of thioether (sulfide) groups is 1. The normalized spacial score (nSPS) is 12.7. The number of hydrogen-bond donors (Lipinski definition) is 3. The number of nitrogens with one attached hydrogen (secondary N) is 2. The highest BCUT2D eigenvalue weighted by Crippen LogP contribution is 2.30. The van der Waals surface area contributed by atoms with E-state index < -0.39 is 35.6 Å². The van der Waals surface area contributed by atoms with Gasteiger partial charge < -0.3 is 30.1 Å². The standard InChI is InChI=1S/C26H35N3O6S/c1-26(2,3)35-25(33)28-20(15-16-36-6)24(32)29(4)22(19-9-7-8-10-21(19)30)23(31)27-17-11-13-18(34-5)14-12-17/h7-14,20,22,30H,15-16H2,1-6H3,(H,27,31)(H,28,33). The van der Waals surface area contributed by atoms with Crippen molar-refractivity contribution < 1.29 is 29.0 Å². The number of alkyl carbamates (subject to hydrolysis) is 1. The molecule has 2 atom stereocenters. The highest BCUT2D eigenvalue weighted by molar-refractivity contribution is 7.98. The zero-order chi connectivity index (χ0) is 26.9. The number of phenols is 1. The third-order valence-corrected chi connectivity index (χ3v) is 5.82. The average molecular weight is 518 g/mol. The van der Waals surface area contributed by atoms with Gasteiger partial charge in [-0.3, -0.25) is 9.59 Å². The molecule has 0 saturated carbocycles. The van der Waals surface area contributed by atoms with Crippen molar-refractivity contribution in [1.29, 1.82) is 0 Å². The molecule has 0 bridgehead atoms. The van der Waals surface area contributed by atoms with E-state index in [9.17, 15) is 19.5 Å². The minimum absolute atomic E-state index is 0.132. The summed E-state index contributed by atoms with van der Waals surface area (Å²) < 4.78 is 10.5. The van der Waals surface area contributed by atoms with Crippen LogP contribution in [0.25, 0.3) is 0 Å². The number of likely N-dealkylation sites (N-methyl/N-ethyl adjacent to an activating group) is 1. The lowest BCUT2D eigenvalue weighted by atomic mass is 10.0. The molecule has 36 heavy (non-hydrogen) atoms. The van der Waals surface area contributed by atoms with Crippen molar-refractivity contribution in [1.82, 2.24) is 10.2 Å². The summed E-state index contributed by atoms with van der Waals surface area (Å²) in [5.41, 5.74) is 0.00723. The number of anilines is 1. The predicted octanol–water partition coefficient (Wildman–Crippen LogP) is 4.19. The zero-order valence-electron chi connectivity index (χ0n) is 21.5. The van der Waals surface area contributed by atoms with E-state index in [4.69, 9.17) is 9.47 Å². The zero-order valence-corrected chi connectivity index (χ0v) is 22.3. The number of hydrogen-bond acceptors (Lipinski definition) is 7. The first-order valence-electron chi connectivity index (χ1n) is 11.4. The number of methoxy groups -OCH3 is 1. The largest absolute Gasteiger partial charge is 0.508 e. The number of para-hydroxylation sites is 1. The van der Waals surface area contributed by atoms with E-state index in [2.05, 4.69) is 10.6 Å². The number of phenolic OH excluding ortho intramolecular Hbond substituents is 1. The molecule has 0 spiro atoms. The molecular weight excluding hydrogens is 482 g/mol. The van der Waals surface area contributed by atoms with E-state index >= 15 is 0 Å². The first-order valence-corrected chi connectivity index (χ1v) is 12.8. The summed E-state index contributed by atoms with van der Waals surface area (Å²) >= 11 is 1.53. The summed E-state index contributed by atoms with van der Waals surface area (Å²) in [7, 11) is 3.01. The molecule has 2 unspecified atom stereocenters. The fraction of sp³-hybridized carbons (Fsp3) is 0.423. The molecule has 0 heterocycles. The first kappa shape index (κ1) is 28.8. The molecule has 0 aliphatic rings. The van der Waals surface area contributed by atoms with Gasteiger partial charge in [-0.15, -0.1) is 0 Å². The summed E-state index contributed by atoms with van der Waals surface area (Å²) in [4.78, 5) is 40.7. The van der Waals surface area contributed by atoms with E-state index in [-0.39, 0.29) is 11.3 Å². The van der Waals surface area contributed by atoms with E-state index in [1.54, 1.807) is 70.3 Å². The molecule has 9 nitrogen and oxygen atoms in total. The quantitative estimate of drug-likeness (QED) is 0.433. The Morgan fingerprint density at radius 3 is 2.28 bits per heavy atom. The molecule has 10 heteroatoms. The van der Waals surface area contributed by atoms with Crippen molar-refractivity contribution in [2.24, 2.45) is 0 Å². The summed E-state index contributed by atoms with van der Waals surface area (Å²) in [5, 5.41) is 16.0. The van der Waals surface area contributed by atoms with Gasteiger partial charge in [0, 0.05) is 18.3 Å². The molecule has 0 radical (unpaired) electrons. The van der Waals surface area contributed by atoms with Crippen molar-refractivity contribution in [3.8, 4) is 11.5 Å². The molecule has 196 valence electrons. The number of amides is 3. The molecule has 3 N–H and O–H groups in total. The molecule has 2 rings (SSSR count). The van der Waals surface area contributed by atoms with Crippen LogP contribution in [-0.4, -0.2) is 65.7 Å². The van der Waals surface area contributed by atoms with Gasteiger partial charge in [0.25, 0.3) is 5.91 Å². The maximum absolute atomic E-state index is 13.6. The Kier molecular flexibility index (Phi) is 10.5. The second-order valence-electron chi connectivity index (χ2n) is 9.11. The molecule has 2 aromatic rings. The van der Waals surface area contributed by atoms with Crippen LogP contribution in [-0.2, 0) is 14.3 Å². The van der Waals surface area contributed by atoms with Gasteiger partial charge in [-0.05, 0) is 69.5 Å². The van der Waals surface area contributed by atoms with Crippen molar-refractivity contribution in [3.63, 3.8) is 0 Å². The molecule has 3 amide bonds. The Labute approximate surface area is 216 Å². The Balaban J connectivity index is 2.35. The van der Waals surface area contributed by atoms with Gasteiger partial charge in [0.1, 0.15) is 29.2 Å². The van der Waals surface area contributed by atoms with Crippen LogP contribution in [0.4, 0.5) is 10.5 Å². The highest BCUT2D eigenvalue weighted by atomic mass is 32.2. The van der Waals surface area contributed by atoms with Crippen molar-refractivity contribution in [2.75, 3.05) is 31.5 Å². The second kappa shape index (κ2) is 13.1. The van der Waals surface area contributed by atoms with Crippen molar-refractivity contribution in [2.45, 2.75) is 44.9 Å². The van der Waals surface area contributed by atoms with Crippen LogP contribution in [0.5, 0.6) is 11.5 Å². The minimum Gasteiger partial charge on any atom is -0.508 e. The van der Waals surface area contributed by atoms with Crippen LogP contribution in [0.2, 0.25) is 0 Å². The van der Waals surface area contributed by atoms with Gasteiger partial charge in [-0.25, -0.2) is 4.79 Å². The first-order chi connectivity index (χ1) is 17.0. The smallest absolute Gasteiger partial charge is 0.408 e. The fourth-order valence-corrected chi connectivity index (χ4v) is 3.92. The molecular formula is C26H35N3O6S. The predicted molar refractivity (Wildman–Crippen MR) is 141 cm³/mol. The van der Waals surface area contributed by atoms with Crippen LogP contribution >= 0.6 is 11.8 Å².